The summed E-state index contributed by atoms with van der Waals surface area (Å²) in [6, 6.07) is 11.4. The van der Waals surface area contributed by atoms with Crippen LogP contribution >= 0.6 is 11.6 Å². The van der Waals surface area contributed by atoms with Crippen LogP contribution in [-0.4, -0.2) is 10.9 Å². The predicted molar refractivity (Wildman–Crippen MR) is 93.3 cm³/mol. The Hall–Kier alpha value is -2.99. The summed E-state index contributed by atoms with van der Waals surface area (Å²) in [4.78, 5) is 16.3. The van der Waals surface area contributed by atoms with Gasteiger partial charge in [0.25, 0.3) is 5.91 Å². The van der Waals surface area contributed by atoms with Gasteiger partial charge < -0.3 is 10.6 Å². The average molecular weight is 360 g/mol. The van der Waals surface area contributed by atoms with E-state index in [1.165, 1.54) is 24.5 Å². The molecule has 0 aliphatic rings. The minimum atomic E-state index is -0.742. The molecule has 7 heteroatoms. The van der Waals surface area contributed by atoms with Gasteiger partial charge in [0.15, 0.2) is 0 Å². The van der Waals surface area contributed by atoms with Crippen molar-refractivity contribution >= 4 is 34.6 Å². The minimum Gasteiger partial charge on any atom is -0.352 e. The predicted octanol–water partition coefficient (Wildman–Crippen LogP) is 5.01. The molecule has 1 amide bonds. The van der Waals surface area contributed by atoms with Gasteiger partial charge in [0.1, 0.15) is 11.6 Å². The third-order valence-electron chi connectivity index (χ3n) is 3.29. The zero-order valence-electron chi connectivity index (χ0n) is 12.8. The van der Waals surface area contributed by atoms with Gasteiger partial charge in [-0.05, 0) is 36.4 Å². The molecule has 2 N–H and O–H groups in total. The van der Waals surface area contributed by atoms with Gasteiger partial charge in [0.05, 0.1) is 23.1 Å². The van der Waals surface area contributed by atoms with Crippen LogP contribution in [0.25, 0.3) is 0 Å². The first-order valence-electron chi connectivity index (χ1n) is 7.25. The van der Waals surface area contributed by atoms with Crippen molar-refractivity contribution in [3.05, 3.63) is 83.1 Å². The van der Waals surface area contributed by atoms with Crippen LogP contribution < -0.4 is 10.6 Å². The molecular formula is C18H12ClF2N3O. The summed E-state index contributed by atoms with van der Waals surface area (Å²) in [6.45, 7) is 0. The van der Waals surface area contributed by atoms with Crippen molar-refractivity contribution in [2.24, 2.45) is 0 Å². The van der Waals surface area contributed by atoms with E-state index < -0.39 is 17.5 Å². The van der Waals surface area contributed by atoms with E-state index in [2.05, 4.69) is 15.6 Å². The minimum absolute atomic E-state index is 0.0793. The number of aromatic nitrogens is 1. The molecule has 126 valence electrons. The zero-order chi connectivity index (χ0) is 17.8. The molecular weight excluding hydrogens is 348 g/mol. The molecule has 0 radical (unpaired) electrons. The number of carbonyl (C=O) groups excluding carboxylic acids is 1. The van der Waals surface area contributed by atoms with E-state index in [1.807, 2.05) is 0 Å². The van der Waals surface area contributed by atoms with E-state index in [9.17, 15) is 13.6 Å². The van der Waals surface area contributed by atoms with E-state index in [0.717, 1.165) is 12.1 Å². The number of hydrogen-bond acceptors (Lipinski definition) is 3. The van der Waals surface area contributed by atoms with Crippen molar-refractivity contribution in [1.29, 1.82) is 0 Å². The highest BCUT2D eigenvalue weighted by molar-refractivity contribution is 6.30. The van der Waals surface area contributed by atoms with Crippen LogP contribution in [0.2, 0.25) is 5.02 Å². The molecule has 25 heavy (non-hydrogen) atoms. The maximum atomic E-state index is 13.7. The van der Waals surface area contributed by atoms with Crippen molar-refractivity contribution in [1.82, 2.24) is 4.98 Å². The molecule has 0 aliphatic heterocycles. The standard InChI is InChI=1S/C18H12ClF2N3O/c19-12-2-1-3-14(7-12)24-18(25)11-6-15(10-22-9-11)23-17-5-4-13(20)8-16(17)21/h1-10,23H,(H,24,25). The van der Waals surface area contributed by atoms with Crippen molar-refractivity contribution in [2.45, 2.75) is 0 Å². The summed E-state index contributed by atoms with van der Waals surface area (Å²) in [6.07, 6.45) is 2.81. The molecule has 0 saturated heterocycles. The summed E-state index contributed by atoms with van der Waals surface area (Å²) in [5, 5.41) is 5.95. The van der Waals surface area contributed by atoms with Crippen LogP contribution in [0.3, 0.4) is 0 Å². The second kappa shape index (κ2) is 7.27. The number of rotatable bonds is 4. The molecule has 3 rings (SSSR count). The van der Waals surface area contributed by atoms with Crippen LogP contribution in [0.4, 0.5) is 25.8 Å². The lowest BCUT2D eigenvalue weighted by Crippen LogP contribution is -2.12. The quantitative estimate of drug-likeness (QED) is 0.688. The molecule has 0 unspecified atom stereocenters. The Labute approximate surface area is 147 Å². The Bertz CT molecular complexity index is 934. The van der Waals surface area contributed by atoms with Crippen LogP contribution in [0.1, 0.15) is 10.4 Å². The molecule has 0 aliphatic carbocycles. The molecule has 0 fully saturated rings. The van der Waals surface area contributed by atoms with Crippen molar-refractivity contribution < 1.29 is 13.6 Å². The Kier molecular flexibility index (Phi) is 4.90. The lowest BCUT2D eigenvalue weighted by atomic mass is 10.2. The first-order valence-corrected chi connectivity index (χ1v) is 7.63. The van der Waals surface area contributed by atoms with E-state index in [4.69, 9.17) is 11.6 Å². The van der Waals surface area contributed by atoms with Gasteiger partial charge in [-0.2, -0.15) is 0 Å². The number of hydrogen-bond donors (Lipinski definition) is 2. The Balaban J connectivity index is 1.77. The lowest BCUT2D eigenvalue weighted by Gasteiger charge is -2.09. The number of pyridine rings is 1. The van der Waals surface area contributed by atoms with Crippen molar-refractivity contribution in [3.8, 4) is 0 Å². The summed E-state index contributed by atoms with van der Waals surface area (Å²) < 4.78 is 26.7. The maximum Gasteiger partial charge on any atom is 0.257 e. The van der Waals surface area contributed by atoms with Gasteiger partial charge in [-0.15, -0.1) is 0 Å². The Morgan fingerprint density at radius 3 is 2.60 bits per heavy atom. The van der Waals surface area contributed by atoms with Crippen LogP contribution in [0.5, 0.6) is 0 Å². The van der Waals surface area contributed by atoms with Gasteiger partial charge in [0.2, 0.25) is 0 Å². The molecule has 1 heterocycles. The molecule has 0 spiro atoms. The van der Waals surface area contributed by atoms with Gasteiger partial charge in [-0.1, -0.05) is 17.7 Å². The number of anilines is 3. The fraction of sp³-hybridized carbons (Fsp3) is 0. The molecule has 3 aromatic rings. The smallest absolute Gasteiger partial charge is 0.257 e. The second-order valence-electron chi connectivity index (χ2n) is 5.18. The monoisotopic (exact) mass is 359 g/mol. The van der Waals surface area contributed by atoms with Crippen LogP contribution in [0.15, 0.2) is 60.9 Å². The molecule has 0 atom stereocenters. The van der Waals surface area contributed by atoms with E-state index in [1.54, 1.807) is 24.3 Å². The third kappa shape index (κ3) is 4.30. The highest BCUT2D eigenvalue weighted by Crippen LogP contribution is 2.21. The summed E-state index contributed by atoms with van der Waals surface area (Å²) in [5.74, 6) is -1.80. The summed E-state index contributed by atoms with van der Waals surface area (Å²) in [7, 11) is 0. The van der Waals surface area contributed by atoms with E-state index in [-0.39, 0.29) is 11.3 Å². The van der Waals surface area contributed by atoms with Crippen LogP contribution in [-0.2, 0) is 0 Å². The first-order chi connectivity index (χ1) is 12.0. The SMILES string of the molecule is O=C(Nc1cccc(Cl)c1)c1cncc(Nc2ccc(F)cc2F)c1. The fourth-order valence-electron chi connectivity index (χ4n) is 2.15. The highest BCUT2D eigenvalue weighted by atomic mass is 35.5. The number of carbonyl (C=O) groups is 1. The summed E-state index contributed by atoms with van der Waals surface area (Å²) >= 11 is 5.88. The van der Waals surface area contributed by atoms with E-state index in [0.29, 0.717) is 16.4 Å². The normalized spacial score (nSPS) is 10.4. The Morgan fingerprint density at radius 2 is 1.84 bits per heavy atom. The average Bonchev–Trinajstić information content (AvgIpc) is 2.58. The summed E-state index contributed by atoms with van der Waals surface area (Å²) in [5.41, 5.74) is 1.28. The molecule has 0 bridgehead atoms. The topological polar surface area (TPSA) is 54.0 Å². The third-order valence-corrected chi connectivity index (χ3v) is 3.53. The number of nitrogens with zero attached hydrogens (tertiary/aromatic N) is 1. The highest BCUT2D eigenvalue weighted by Gasteiger charge is 2.09. The van der Waals surface area contributed by atoms with Gasteiger partial charge >= 0.3 is 0 Å². The molecule has 1 aromatic heterocycles. The fourth-order valence-corrected chi connectivity index (χ4v) is 2.34. The van der Waals surface area contributed by atoms with Crippen LogP contribution in [0, 0.1) is 11.6 Å². The van der Waals surface area contributed by atoms with Crippen molar-refractivity contribution in [2.75, 3.05) is 10.6 Å². The second-order valence-corrected chi connectivity index (χ2v) is 5.61. The Morgan fingerprint density at radius 1 is 1.00 bits per heavy atom. The molecule has 0 saturated carbocycles. The van der Waals surface area contributed by atoms with Crippen molar-refractivity contribution in [3.63, 3.8) is 0 Å². The van der Waals surface area contributed by atoms with Gasteiger partial charge in [-0.3, -0.25) is 9.78 Å². The zero-order valence-corrected chi connectivity index (χ0v) is 13.5. The number of nitrogens with one attached hydrogen (secondary N) is 2. The largest absolute Gasteiger partial charge is 0.352 e. The number of halogens is 3. The number of benzene rings is 2. The first kappa shape index (κ1) is 16.9. The molecule has 2 aromatic carbocycles. The van der Waals surface area contributed by atoms with E-state index >= 15 is 0 Å². The number of amides is 1. The van der Waals surface area contributed by atoms with Gasteiger partial charge in [0, 0.05) is 23.0 Å². The van der Waals surface area contributed by atoms with Gasteiger partial charge in [-0.25, -0.2) is 8.78 Å². The molecule has 4 nitrogen and oxygen atoms in total. The maximum absolute atomic E-state index is 13.7. The lowest BCUT2D eigenvalue weighted by molar-refractivity contribution is 0.102.